The van der Waals surface area contributed by atoms with E-state index in [0.29, 0.717) is 24.8 Å². The van der Waals surface area contributed by atoms with Crippen molar-refractivity contribution in [3.63, 3.8) is 0 Å². The molecule has 2 fully saturated rings. The van der Waals surface area contributed by atoms with Gasteiger partial charge < -0.3 is 10.6 Å². The summed E-state index contributed by atoms with van der Waals surface area (Å²) in [6.45, 7) is 2.36. The molecule has 2 heterocycles. The van der Waals surface area contributed by atoms with Gasteiger partial charge >= 0.3 is 0 Å². The average molecular weight is 304 g/mol. The standard InChI is InChI=1S/C17H28N4O/c1-20-11-15(10-19-20)14-5-8-21(12-14)16(22)9-17(13-18)6-3-2-4-7-17/h10-11,14H,2-9,12-13,18H2,1H3. The summed E-state index contributed by atoms with van der Waals surface area (Å²) in [7, 11) is 1.94. The van der Waals surface area contributed by atoms with E-state index >= 15 is 0 Å². The van der Waals surface area contributed by atoms with E-state index in [1.165, 1.54) is 24.8 Å². The van der Waals surface area contributed by atoms with Gasteiger partial charge in [0.25, 0.3) is 0 Å². The van der Waals surface area contributed by atoms with Gasteiger partial charge in [0.15, 0.2) is 0 Å². The smallest absolute Gasteiger partial charge is 0.223 e. The van der Waals surface area contributed by atoms with Crippen LogP contribution in [0.2, 0.25) is 0 Å². The molecule has 2 aliphatic rings. The van der Waals surface area contributed by atoms with Gasteiger partial charge in [-0.1, -0.05) is 19.3 Å². The zero-order valence-corrected chi connectivity index (χ0v) is 13.6. The van der Waals surface area contributed by atoms with Crippen LogP contribution in [-0.2, 0) is 11.8 Å². The molecular weight excluding hydrogens is 276 g/mol. The fraction of sp³-hybridized carbons (Fsp3) is 0.765. The van der Waals surface area contributed by atoms with Crippen molar-refractivity contribution in [3.05, 3.63) is 18.0 Å². The van der Waals surface area contributed by atoms with E-state index in [-0.39, 0.29) is 5.41 Å². The Bertz CT molecular complexity index is 518. The number of carbonyl (C=O) groups excluding carboxylic acids is 1. The molecule has 1 amide bonds. The van der Waals surface area contributed by atoms with Crippen LogP contribution in [0.5, 0.6) is 0 Å². The number of carbonyl (C=O) groups is 1. The van der Waals surface area contributed by atoms with Gasteiger partial charge in [-0.15, -0.1) is 0 Å². The molecule has 1 aliphatic carbocycles. The predicted octanol–water partition coefficient (Wildman–Crippen LogP) is 2.04. The van der Waals surface area contributed by atoms with Crippen molar-refractivity contribution in [1.29, 1.82) is 0 Å². The third kappa shape index (κ3) is 3.19. The maximum atomic E-state index is 12.7. The summed E-state index contributed by atoms with van der Waals surface area (Å²) < 4.78 is 1.84. The summed E-state index contributed by atoms with van der Waals surface area (Å²) in [6, 6.07) is 0. The monoisotopic (exact) mass is 304 g/mol. The van der Waals surface area contributed by atoms with Gasteiger partial charge in [-0.05, 0) is 36.8 Å². The number of aromatic nitrogens is 2. The molecule has 1 atom stereocenters. The minimum atomic E-state index is 0.0712. The molecule has 1 saturated carbocycles. The second-order valence-corrected chi connectivity index (χ2v) is 7.21. The van der Waals surface area contributed by atoms with Crippen molar-refractivity contribution in [2.75, 3.05) is 19.6 Å². The van der Waals surface area contributed by atoms with Gasteiger partial charge in [0.2, 0.25) is 5.91 Å². The van der Waals surface area contributed by atoms with Crippen LogP contribution in [0.4, 0.5) is 0 Å². The molecule has 0 radical (unpaired) electrons. The number of nitrogens with zero attached hydrogens (tertiary/aromatic N) is 3. The molecule has 22 heavy (non-hydrogen) atoms. The lowest BCUT2D eigenvalue weighted by atomic mass is 9.71. The minimum Gasteiger partial charge on any atom is -0.342 e. The molecule has 1 unspecified atom stereocenters. The van der Waals surface area contributed by atoms with E-state index in [0.717, 1.165) is 32.4 Å². The van der Waals surface area contributed by atoms with E-state index in [2.05, 4.69) is 11.3 Å². The Morgan fingerprint density at radius 3 is 2.82 bits per heavy atom. The maximum Gasteiger partial charge on any atom is 0.223 e. The molecule has 2 N–H and O–H groups in total. The number of rotatable bonds is 4. The SMILES string of the molecule is Cn1cc(C2CCN(C(=O)CC3(CN)CCCCC3)C2)cn1. The number of amides is 1. The summed E-state index contributed by atoms with van der Waals surface area (Å²) in [5.41, 5.74) is 7.35. The maximum absolute atomic E-state index is 12.7. The zero-order valence-electron chi connectivity index (χ0n) is 13.6. The van der Waals surface area contributed by atoms with E-state index in [1.807, 2.05) is 22.8 Å². The summed E-state index contributed by atoms with van der Waals surface area (Å²) in [6.07, 6.45) is 11.7. The molecule has 1 aromatic rings. The van der Waals surface area contributed by atoms with Crippen molar-refractivity contribution in [3.8, 4) is 0 Å². The van der Waals surface area contributed by atoms with E-state index < -0.39 is 0 Å². The molecule has 0 aromatic carbocycles. The van der Waals surface area contributed by atoms with Crippen molar-refractivity contribution < 1.29 is 4.79 Å². The van der Waals surface area contributed by atoms with E-state index in [4.69, 9.17) is 5.73 Å². The highest BCUT2D eigenvalue weighted by Crippen LogP contribution is 2.39. The van der Waals surface area contributed by atoms with Crippen LogP contribution in [0.3, 0.4) is 0 Å². The molecular formula is C17H28N4O. The normalized spacial score (nSPS) is 24.6. The summed E-state index contributed by atoms with van der Waals surface area (Å²) in [4.78, 5) is 14.8. The van der Waals surface area contributed by atoms with Crippen LogP contribution in [-0.4, -0.2) is 40.2 Å². The van der Waals surface area contributed by atoms with E-state index in [9.17, 15) is 4.79 Å². The molecule has 1 aromatic heterocycles. The highest BCUT2D eigenvalue weighted by atomic mass is 16.2. The first-order valence-electron chi connectivity index (χ1n) is 8.58. The lowest BCUT2D eigenvalue weighted by molar-refractivity contribution is -0.133. The van der Waals surface area contributed by atoms with Gasteiger partial charge in [0.05, 0.1) is 6.20 Å². The van der Waals surface area contributed by atoms with Crippen LogP contribution < -0.4 is 5.73 Å². The molecule has 3 rings (SSSR count). The van der Waals surface area contributed by atoms with Gasteiger partial charge in [0, 0.05) is 38.7 Å². The Labute approximate surface area is 132 Å². The van der Waals surface area contributed by atoms with E-state index in [1.54, 1.807) is 0 Å². The van der Waals surface area contributed by atoms with Crippen molar-refractivity contribution in [2.24, 2.45) is 18.2 Å². The number of nitrogens with two attached hydrogens (primary N) is 1. The third-order valence-electron chi connectivity index (χ3n) is 5.61. The molecule has 1 saturated heterocycles. The first-order chi connectivity index (χ1) is 10.6. The molecule has 0 bridgehead atoms. The number of aryl methyl sites for hydroxylation is 1. The fourth-order valence-corrected chi connectivity index (χ4v) is 4.10. The number of hydrogen-bond acceptors (Lipinski definition) is 3. The third-order valence-corrected chi connectivity index (χ3v) is 5.61. The number of hydrogen-bond donors (Lipinski definition) is 1. The first kappa shape index (κ1) is 15.5. The highest BCUT2D eigenvalue weighted by molar-refractivity contribution is 5.77. The number of likely N-dealkylation sites (tertiary alicyclic amines) is 1. The van der Waals surface area contributed by atoms with Crippen molar-refractivity contribution >= 4 is 5.91 Å². The molecule has 5 nitrogen and oxygen atoms in total. The van der Waals surface area contributed by atoms with Gasteiger partial charge in [-0.3, -0.25) is 9.48 Å². The molecule has 0 spiro atoms. The lowest BCUT2D eigenvalue weighted by Crippen LogP contribution is -2.39. The van der Waals surface area contributed by atoms with Gasteiger partial charge in [-0.2, -0.15) is 5.10 Å². The molecule has 5 heteroatoms. The van der Waals surface area contributed by atoms with Crippen molar-refractivity contribution in [1.82, 2.24) is 14.7 Å². The van der Waals surface area contributed by atoms with Crippen LogP contribution in [0, 0.1) is 5.41 Å². The van der Waals surface area contributed by atoms with Crippen LogP contribution in [0.25, 0.3) is 0 Å². The molecule has 1 aliphatic heterocycles. The predicted molar refractivity (Wildman–Crippen MR) is 86.3 cm³/mol. The topological polar surface area (TPSA) is 64.2 Å². The Morgan fingerprint density at radius 1 is 1.41 bits per heavy atom. The highest BCUT2D eigenvalue weighted by Gasteiger charge is 2.36. The lowest BCUT2D eigenvalue weighted by Gasteiger charge is -2.36. The molecule has 122 valence electrons. The van der Waals surface area contributed by atoms with Gasteiger partial charge in [0.1, 0.15) is 0 Å². The fourth-order valence-electron chi connectivity index (χ4n) is 4.10. The van der Waals surface area contributed by atoms with Crippen LogP contribution in [0.1, 0.15) is 56.4 Å². The Kier molecular flexibility index (Phi) is 4.52. The van der Waals surface area contributed by atoms with Crippen molar-refractivity contribution in [2.45, 2.75) is 50.9 Å². The van der Waals surface area contributed by atoms with Gasteiger partial charge in [-0.25, -0.2) is 0 Å². The van der Waals surface area contributed by atoms with Crippen LogP contribution in [0.15, 0.2) is 12.4 Å². The van der Waals surface area contributed by atoms with Crippen LogP contribution >= 0.6 is 0 Å². The summed E-state index contributed by atoms with van der Waals surface area (Å²) in [5.74, 6) is 0.747. The second kappa shape index (κ2) is 6.41. The zero-order chi connectivity index (χ0) is 15.6. The first-order valence-corrected chi connectivity index (χ1v) is 8.58. The minimum absolute atomic E-state index is 0.0712. The Hall–Kier alpha value is -1.36. The quantitative estimate of drug-likeness (QED) is 0.926. The summed E-state index contributed by atoms with van der Waals surface area (Å²) in [5, 5.41) is 4.25. The Morgan fingerprint density at radius 2 is 2.18 bits per heavy atom. The average Bonchev–Trinajstić information content (AvgIpc) is 3.17. The summed E-state index contributed by atoms with van der Waals surface area (Å²) >= 11 is 0. The second-order valence-electron chi connectivity index (χ2n) is 7.21. The Balaban J connectivity index is 1.59. The largest absolute Gasteiger partial charge is 0.342 e.